The summed E-state index contributed by atoms with van der Waals surface area (Å²) in [6.45, 7) is 3.84. The molecule has 5 heteroatoms. The Morgan fingerprint density at radius 1 is 1.38 bits per heavy atom. The van der Waals surface area contributed by atoms with Gasteiger partial charge in [0.2, 0.25) is 5.91 Å². The number of amides is 1. The molecule has 0 atom stereocenters. The maximum absolute atomic E-state index is 12.1. The van der Waals surface area contributed by atoms with Crippen LogP contribution in [-0.2, 0) is 18.3 Å². The number of methoxy groups -OCH3 is 1. The molecule has 0 bridgehead atoms. The Morgan fingerprint density at radius 2 is 2.14 bits per heavy atom. The molecule has 0 radical (unpaired) electrons. The number of nitrogens with zero attached hydrogens (tertiary/aromatic N) is 2. The molecule has 0 saturated carbocycles. The monoisotopic (exact) mass is 287 g/mol. The third-order valence-corrected chi connectivity index (χ3v) is 3.55. The predicted molar refractivity (Wildman–Crippen MR) is 82.6 cm³/mol. The Bertz CT molecular complexity index is 647. The number of hydrogen-bond acceptors (Lipinski definition) is 3. The summed E-state index contributed by atoms with van der Waals surface area (Å²) in [5, 5.41) is 7.23. The first-order valence-corrected chi connectivity index (χ1v) is 6.94. The van der Waals surface area contributed by atoms with Crippen LogP contribution in [0.4, 0.5) is 5.69 Å². The Kier molecular flexibility index (Phi) is 4.62. The van der Waals surface area contributed by atoms with Crippen LogP contribution in [0.25, 0.3) is 0 Å². The van der Waals surface area contributed by atoms with Crippen LogP contribution in [0.5, 0.6) is 5.75 Å². The van der Waals surface area contributed by atoms with Crippen molar-refractivity contribution < 1.29 is 9.53 Å². The van der Waals surface area contributed by atoms with E-state index < -0.39 is 0 Å². The van der Waals surface area contributed by atoms with Gasteiger partial charge < -0.3 is 10.1 Å². The molecule has 0 aliphatic carbocycles. The van der Waals surface area contributed by atoms with Gasteiger partial charge >= 0.3 is 0 Å². The number of carbonyl (C=O) groups is 1. The van der Waals surface area contributed by atoms with Crippen molar-refractivity contribution in [2.24, 2.45) is 7.05 Å². The molecule has 2 rings (SSSR count). The topological polar surface area (TPSA) is 56.1 Å². The van der Waals surface area contributed by atoms with E-state index in [4.69, 9.17) is 4.74 Å². The molecule has 2 aromatic rings. The normalized spacial score (nSPS) is 10.5. The molecule has 1 aromatic carbocycles. The number of ether oxygens (including phenoxy) is 1. The molecule has 21 heavy (non-hydrogen) atoms. The van der Waals surface area contributed by atoms with E-state index in [0.717, 1.165) is 28.4 Å². The highest BCUT2D eigenvalue weighted by molar-refractivity contribution is 5.92. The van der Waals surface area contributed by atoms with Gasteiger partial charge in [0.15, 0.2) is 0 Å². The smallest absolute Gasteiger partial charge is 0.224 e. The lowest BCUT2D eigenvalue weighted by Crippen LogP contribution is -2.13. The fourth-order valence-electron chi connectivity index (χ4n) is 2.24. The minimum atomic E-state index is -0.00276. The van der Waals surface area contributed by atoms with Gasteiger partial charge in [-0.05, 0) is 38.0 Å². The van der Waals surface area contributed by atoms with Crippen LogP contribution in [0.3, 0.4) is 0 Å². The highest BCUT2D eigenvalue weighted by Gasteiger charge is 2.12. The summed E-state index contributed by atoms with van der Waals surface area (Å²) in [5.41, 5.74) is 3.70. The summed E-state index contributed by atoms with van der Waals surface area (Å²) < 4.78 is 6.95. The van der Waals surface area contributed by atoms with Crippen molar-refractivity contribution in [1.29, 1.82) is 0 Å². The molecule has 5 nitrogen and oxygen atoms in total. The number of rotatable bonds is 5. The largest absolute Gasteiger partial charge is 0.497 e. The molecular weight excluding hydrogens is 266 g/mol. The van der Waals surface area contributed by atoms with E-state index in [2.05, 4.69) is 10.4 Å². The summed E-state index contributed by atoms with van der Waals surface area (Å²) >= 11 is 0. The fraction of sp³-hybridized carbons (Fsp3) is 0.375. The van der Waals surface area contributed by atoms with Gasteiger partial charge in [-0.2, -0.15) is 5.10 Å². The molecular formula is C16H21N3O2. The van der Waals surface area contributed by atoms with Crippen LogP contribution in [-0.4, -0.2) is 22.8 Å². The zero-order valence-corrected chi connectivity index (χ0v) is 12.9. The fourth-order valence-corrected chi connectivity index (χ4v) is 2.24. The number of aromatic nitrogens is 2. The molecule has 1 aromatic heterocycles. The molecule has 1 heterocycles. The number of nitrogens with one attached hydrogen (secondary N) is 1. The molecule has 0 fully saturated rings. The van der Waals surface area contributed by atoms with Crippen LogP contribution in [0.1, 0.15) is 23.4 Å². The van der Waals surface area contributed by atoms with Gasteiger partial charge in [0, 0.05) is 13.5 Å². The average molecular weight is 287 g/mol. The standard InChI is InChI=1S/C16H21N3O2/c1-11-16(12(2)19(3)18-11)17-15(20)9-8-13-6-5-7-14(10-13)21-4/h5-7,10H,8-9H2,1-4H3,(H,17,20). The molecule has 0 spiro atoms. The number of benzene rings is 1. The minimum absolute atomic E-state index is 0.00276. The van der Waals surface area contributed by atoms with Crippen LogP contribution in [0.15, 0.2) is 24.3 Å². The minimum Gasteiger partial charge on any atom is -0.497 e. The summed E-state index contributed by atoms with van der Waals surface area (Å²) in [6.07, 6.45) is 1.11. The van der Waals surface area contributed by atoms with Gasteiger partial charge in [-0.3, -0.25) is 9.48 Å². The first-order chi connectivity index (χ1) is 10.0. The Hall–Kier alpha value is -2.30. The third-order valence-electron chi connectivity index (χ3n) is 3.55. The van der Waals surface area contributed by atoms with Gasteiger partial charge in [-0.25, -0.2) is 0 Å². The maximum atomic E-state index is 12.1. The predicted octanol–water partition coefficient (Wildman–Crippen LogP) is 2.62. The van der Waals surface area contributed by atoms with Crippen molar-refractivity contribution >= 4 is 11.6 Å². The Balaban J connectivity index is 1.96. The molecule has 1 amide bonds. The summed E-state index contributed by atoms with van der Waals surface area (Å²) in [4.78, 5) is 12.1. The zero-order valence-electron chi connectivity index (χ0n) is 12.9. The van der Waals surface area contributed by atoms with E-state index >= 15 is 0 Å². The van der Waals surface area contributed by atoms with Crippen molar-refractivity contribution in [3.63, 3.8) is 0 Å². The van der Waals surface area contributed by atoms with Crippen LogP contribution >= 0.6 is 0 Å². The molecule has 0 saturated heterocycles. The lowest BCUT2D eigenvalue weighted by atomic mass is 10.1. The number of hydrogen-bond donors (Lipinski definition) is 1. The third kappa shape index (κ3) is 3.62. The van der Waals surface area contributed by atoms with Gasteiger partial charge in [-0.15, -0.1) is 0 Å². The molecule has 1 N–H and O–H groups in total. The lowest BCUT2D eigenvalue weighted by molar-refractivity contribution is -0.116. The van der Waals surface area contributed by atoms with E-state index in [9.17, 15) is 4.79 Å². The van der Waals surface area contributed by atoms with E-state index in [0.29, 0.717) is 12.8 Å². The quantitative estimate of drug-likeness (QED) is 0.919. The number of carbonyl (C=O) groups excluding carboxylic acids is 1. The molecule has 0 aliphatic heterocycles. The first kappa shape index (κ1) is 15.1. The van der Waals surface area contributed by atoms with Crippen LogP contribution in [0.2, 0.25) is 0 Å². The number of anilines is 1. The van der Waals surface area contributed by atoms with Crippen LogP contribution < -0.4 is 10.1 Å². The second-order valence-corrected chi connectivity index (χ2v) is 5.07. The SMILES string of the molecule is COc1cccc(CCC(=O)Nc2c(C)nn(C)c2C)c1. The van der Waals surface area contributed by atoms with Crippen molar-refractivity contribution in [3.05, 3.63) is 41.2 Å². The second-order valence-electron chi connectivity index (χ2n) is 5.07. The van der Waals surface area contributed by atoms with Gasteiger partial charge in [0.05, 0.1) is 24.2 Å². The van der Waals surface area contributed by atoms with Gasteiger partial charge in [0.25, 0.3) is 0 Å². The lowest BCUT2D eigenvalue weighted by Gasteiger charge is -2.07. The zero-order chi connectivity index (χ0) is 15.4. The summed E-state index contributed by atoms with van der Waals surface area (Å²) in [5.74, 6) is 0.809. The molecule has 0 aliphatic rings. The maximum Gasteiger partial charge on any atom is 0.224 e. The van der Waals surface area contributed by atoms with Crippen LogP contribution in [0, 0.1) is 13.8 Å². The Morgan fingerprint density at radius 3 is 2.76 bits per heavy atom. The van der Waals surface area contributed by atoms with E-state index in [1.165, 1.54) is 0 Å². The van der Waals surface area contributed by atoms with E-state index in [-0.39, 0.29) is 5.91 Å². The molecule has 112 valence electrons. The van der Waals surface area contributed by atoms with Crippen molar-refractivity contribution in [3.8, 4) is 5.75 Å². The highest BCUT2D eigenvalue weighted by Crippen LogP contribution is 2.19. The van der Waals surface area contributed by atoms with Gasteiger partial charge in [0.1, 0.15) is 5.75 Å². The van der Waals surface area contributed by atoms with E-state index in [1.807, 2.05) is 45.2 Å². The number of aryl methyl sites for hydroxylation is 3. The summed E-state index contributed by atoms with van der Waals surface area (Å²) in [6, 6.07) is 7.78. The average Bonchev–Trinajstić information content (AvgIpc) is 2.72. The Labute approximate surface area is 124 Å². The highest BCUT2D eigenvalue weighted by atomic mass is 16.5. The van der Waals surface area contributed by atoms with Crippen molar-refractivity contribution in [2.75, 3.05) is 12.4 Å². The van der Waals surface area contributed by atoms with Crippen molar-refractivity contribution in [2.45, 2.75) is 26.7 Å². The summed E-state index contributed by atoms with van der Waals surface area (Å²) in [7, 11) is 3.51. The second kappa shape index (κ2) is 6.43. The first-order valence-electron chi connectivity index (χ1n) is 6.94. The van der Waals surface area contributed by atoms with E-state index in [1.54, 1.807) is 11.8 Å². The molecule has 0 unspecified atom stereocenters. The van der Waals surface area contributed by atoms with Crippen molar-refractivity contribution in [1.82, 2.24) is 9.78 Å². The van der Waals surface area contributed by atoms with Gasteiger partial charge in [-0.1, -0.05) is 12.1 Å².